The van der Waals surface area contributed by atoms with Gasteiger partial charge in [0.25, 0.3) is 0 Å². The van der Waals surface area contributed by atoms with E-state index in [1.165, 1.54) is 24.9 Å². The van der Waals surface area contributed by atoms with Crippen LogP contribution in [-0.4, -0.2) is 60.6 Å². The van der Waals surface area contributed by atoms with Gasteiger partial charge in [0.05, 0.1) is 12.8 Å². The van der Waals surface area contributed by atoms with Gasteiger partial charge < -0.3 is 10.1 Å². The second kappa shape index (κ2) is 7.62. The van der Waals surface area contributed by atoms with Crippen molar-refractivity contribution in [3.63, 3.8) is 0 Å². The molecule has 1 saturated heterocycles. The van der Waals surface area contributed by atoms with Gasteiger partial charge in [0, 0.05) is 46.0 Å². The lowest BCUT2D eigenvalue weighted by Gasteiger charge is -2.25. The molecule has 5 nitrogen and oxygen atoms in total. The van der Waals surface area contributed by atoms with Crippen LogP contribution in [0, 0.1) is 0 Å². The van der Waals surface area contributed by atoms with E-state index in [9.17, 15) is 0 Å². The van der Waals surface area contributed by atoms with Gasteiger partial charge in [-0.3, -0.25) is 9.58 Å². The van der Waals surface area contributed by atoms with Gasteiger partial charge in [0.2, 0.25) is 0 Å². The minimum Gasteiger partial charge on any atom is -0.383 e. The summed E-state index contributed by atoms with van der Waals surface area (Å²) in [5.74, 6) is 0. The number of hydrogen-bond donors (Lipinski definition) is 1. The van der Waals surface area contributed by atoms with Crippen molar-refractivity contribution in [2.75, 3.05) is 39.9 Å². The molecule has 1 fully saturated rings. The van der Waals surface area contributed by atoms with Crippen LogP contribution in [0.3, 0.4) is 0 Å². The third-order valence-electron chi connectivity index (χ3n) is 3.73. The first-order valence-corrected chi connectivity index (χ1v) is 7.20. The number of aromatic nitrogens is 2. The molecule has 1 aromatic heterocycles. The van der Waals surface area contributed by atoms with Crippen LogP contribution in [0.2, 0.25) is 0 Å². The molecule has 1 aliphatic rings. The Labute approximate surface area is 115 Å². The molecular weight excluding hydrogens is 240 g/mol. The largest absolute Gasteiger partial charge is 0.383 e. The summed E-state index contributed by atoms with van der Waals surface area (Å²) in [5, 5.41) is 7.79. The van der Waals surface area contributed by atoms with Crippen LogP contribution in [0.15, 0.2) is 12.4 Å². The van der Waals surface area contributed by atoms with E-state index in [2.05, 4.69) is 21.5 Å². The van der Waals surface area contributed by atoms with Crippen molar-refractivity contribution in [1.29, 1.82) is 0 Å². The van der Waals surface area contributed by atoms with Crippen molar-refractivity contribution in [3.05, 3.63) is 18.0 Å². The van der Waals surface area contributed by atoms with Crippen molar-refractivity contribution < 1.29 is 4.74 Å². The lowest BCUT2D eigenvalue weighted by molar-refractivity contribution is 0.143. The maximum atomic E-state index is 5.21. The second-order valence-electron chi connectivity index (χ2n) is 5.36. The highest BCUT2D eigenvalue weighted by Gasteiger charge is 2.17. The molecule has 108 valence electrons. The summed E-state index contributed by atoms with van der Waals surface area (Å²) in [5.41, 5.74) is 1.31. The fourth-order valence-corrected chi connectivity index (χ4v) is 2.63. The van der Waals surface area contributed by atoms with Gasteiger partial charge in [-0.05, 0) is 31.4 Å². The molecule has 1 atom stereocenters. The number of hydrogen-bond acceptors (Lipinski definition) is 4. The molecule has 2 rings (SSSR count). The molecule has 19 heavy (non-hydrogen) atoms. The van der Waals surface area contributed by atoms with Gasteiger partial charge in [-0.2, -0.15) is 5.10 Å². The molecule has 0 aliphatic carbocycles. The van der Waals surface area contributed by atoms with Gasteiger partial charge in [-0.1, -0.05) is 0 Å². The Balaban J connectivity index is 1.78. The van der Waals surface area contributed by atoms with Crippen LogP contribution in [-0.2, 0) is 18.2 Å². The number of methoxy groups -OCH3 is 1. The highest BCUT2D eigenvalue weighted by Crippen LogP contribution is 2.08. The summed E-state index contributed by atoms with van der Waals surface area (Å²) in [4.78, 5) is 2.50. The number of ether oxygens (including phenoxy) is 1. The molecule has 1 unspecified atom stereocenters. The molecule has 1 aromatic rings. The van der Waals surface area contributed by atoms with E-state index in [-0.39, 0.29) is 0 Å². The average Bonchev–Trinajstić information content (AvgIpc) is 3.04. The Morgan fingerprint density at radius 2 is 2.42 bits per heavy atom. The molecule has 0 spiro atoms. The lowest BCUT2D eigenvalue weighted by atomic mass is 10.2. The summed E-state index contributed by atoms with van der Waals surface area (Å²) in [6.45, 7) is 5.19. The van der Waals surface area contributed by atoms with Crippen LogP contribution in [0.5, 0.6) is 0 Å². The number of rotatable bonds is 8. The maximum absolute atomic E-state index is 5.21. The Hall–Kier alpha value is -0.910. The molecule has 0 bridgehead atoms. The second-order valence-corrected chi connectivity index (χ2v) is 5.36. The molecule has 5 heteroatoms. The number of aryl methyl sites for hydroxylation is 1. The van der Waals surface area contributed by atoms with E-state index in [1.807, 2.05) is 17.9 Å². The van der Waals surface area contributed by atoms with Crippen molar-refractivity contribution in [2.45, 2.75) is 25.3 Å². The standard InChI is InChI=1S/C14H26N4O/c1-17-11-13(10-16-17)5-7-18(8-9-19-2)12-14-4-3-6-15-14/h10-11,14-15H,3-9,12H2,1-2H3. The smallest absolute Gasteiger partial charge is 0.0589 e. The zero-order chi connectivity index (χ0) is 13.5. The quantitative estimate of drug-likeness (QED) is 0.751. The van der Waals surface area contributed by atoms with Crippen LogP contribution in [0.1, 0.15) is 18.4 Å². The molecule has 0 radical (unpaired) electrons. The van der Waals surface area contributed by atoms with Crippen LogP contribution >= 0.6 is 0 Å². The normalized spacial score (nSPS) is 19.4. The van der Waals surface area contributed by atoms with Crippen molar-refractivity contribution in [1.82, 2.24) is 20.0 Å². The zero-order valence-corrected chi connectivity index (χ0v) is 12.1. The maximum Gasteiger partial charge on any atom is 0.0589 e. The molecule has 0 aromatic carbocycles. The topological polar surface area (TPSA) is 42.3 Å². The van der Waals surface area contributed by atoms with Crippen LogP contribution < -0.4 is 5.32 Å². The molecule has 1 N–H and O–H groups in total. The summed E-state index contributed by atoms with van der Waals surface area (Å²) < 4.78 is 7.08. The highest BCUT2D eigenvalue weighted by molar-refractivity contribution is 5.04. The van der Waals surface area contributed by atoms with Crippen LogP contribution in [0.25, 0.3) is 0 Å². The predicted molar refractivity (Wildman–Crippen MR) is 76.3 cm³/mol. The first-order chi connectivity index (χ1) is 9.28. The fourth-order valence-electron chi connectivity index (χ4n) is 2.63. The Morgan fingerprint density at radius 3 is 3.05 bits per heavy atom. The Morgan fingerprint density at radius 1 is 1.53 bits per heavy atom. The van der Waals surface area contributed by atoms with E-state index in [4.69, 9.17) is 4.74 Å². The van der Waals surface area contributed by atoms with Gasteiger partial charge in [-0.25, -0.2) is 0 Å². The van der Waals surface area contributed by atoms with Crippen molar-refractivity contribution in [3.8, 4) is 0 Å². The molecule has 2 heterocycles. The Bertz CT molecular complexity index is 360. The van der Waals surface area contributed by atoms with Gasteiger partial charge in [0.1, 0.15) is 0 Å². The monoisotopic (exact) mass is 266 g/mol. The molecular formula is C14H26N4O. The lowest BCUT2D eigenvalue weighted by Crippen LogP contribution is -2.40. The van der Waals surface area contributed by atoms with Gasteiger partial charge in [0.15, 0.2) is 0 Å². The molecule has 1 aliphatic heterocycles. The SMILES string of the molecule is COCCN(CCc1cnn(C)c1)CC1CCCN1. The molecule has 0 saturated carbocycles. The molecule has 0 amide bonds. The minimum atomic E-state index is 0.658. The van der Waals surface area contributed by atoms with E-state index in [1.54, 1.807) is 7.11 Å². The summed E-state index contributed by atoms with van der Waals surface area (Å²) in [6.07, 6.45) is 7.73. The van der Waals surface area contributed by atoms with Crippen LogP contribution in [0.4, 0.5) is 0 Å². The summed E-state index contributed by atoms with van der Waals surface area (Å²) in [7, 11) is 3.74. The highest BCUT2D eigenvalue weighted by atomic mass is 16.5. The third-order valence-corrected chi connectivity index (χ3v) is 3.73. The first-order valence-electron chi connectivity index (χ1n) is 7.20. The number of nitrogens with zero attached hydrogens (tertiary/aromatic N) is 3. The van der Waals surface area contributed by atoms with E-state index >= 15 is 0 Å². The van der Waals surface area contributed by atoms with Gasteiger partial charge in [-0.15, -0.1) is 0 Å². The van der Waals surface area contributed by atoms with E-state index < -0.39 is 0 Å². The van der Waals surface area contributed by atoms with Crippen molar-refractivity contribution in [2.24, 2.45) is 7.05 Å². The van der Waals surface area contributed by atoms with Crippen molar-refractivity contribution >= 4 is 0 Å². The third kappa shape index (κ3) is 4.93. The first kappa shape index (κ1) is 14.5. The fraction of sp³-hybridized carbons (Fsp3) is 0.786. The van der Waals surface area contributed by atoms with E-state index in [0.29, 0.717) is 6.04 Å². The Kier molecular flexibility index (Phi) is 5.82. The van der Waals surface area contributed by atoms with E-state index in [0.717, 1.165) is 32.7 Å². The number of nitrogens with one attached hydrogen (secondary N) is 1. The summed E-state index contributed by atoms with van der Waals surface area (Å²) in [6, 6.07) is 0.658. The minimum absolute atomic E-state index is 0.658. The average molecular weight is 266 g/mol. The summed E-state index contributed by atoms with van der Waals surface area (Å²) >= 11 is 0. The van der Waals surface area contributed by atoms with Gasteiger partial charge >= 0.3 is 0 Å². The zero-order valence-electron chi connectivity index (χ0n) is 12.1. The predicted octanol–water partition coefficient (Wildman–Crippen LogP) is 0.663.